The second-order valence-electron chi connectivity index (χ2n) is 6.30. The predicted octanol–water partition coefficient (Wildman–Crippen LogP) is 1.95. The van der Waals surface area contributed by atoms with Crippen LogP contribution in [-0.2, 0) is 6.61 Å². The van der Waals surface area contributed by atoms with Gasteiger partial charge >= 0.3 is 0 Å². The smallest absolute Gasteiger partial charge is 0.295 e. The lowest BCUT2D eigenvalue weighted by atomic mass is 10.2. The van der Waals surface area contributed by atoms with Gasteiger partial charge < -0.3 is 9.47 Å². The van der Waals surface area contributed by atoms with Gasteiger partial charge in [-0.2, -0.15) is 14.6 Å². The van der Waals surface area contributed by atoms with E-state index in [1.54, 1.807) is 25.3 Å². The largest absolute Gasteiger partial charge is 0.493 e. The highest BCUT2D eigenvalue weighted by atomic mass is 32.1. The van der Waals surface area contributed by atoms with Gasteiger partial charge in [0.05, 0.1) is 11.6 Å². The number of aromatic nitrogens is 3. The van der Waals surface area contributed by atoms with Crippen molar-refractivity contribution in [1.29, 1.82) is 0 Å². The molecule has 7 nitrogen and oxygen atoms in total. The molecule has 146 valence electrons. The topological polar surface area (TPSA) is 82.8 Å². The van der Waals surface area contributed by atoms with Crippen LogP contribution in [0, 0.1) is 6.92 Å². The summed E-state index contributed by atoms with van der Waals surface area (Å²) >= 11 is 1.12. The van der Waals surface area contributed by atoms with Gasteiger partial charge in [-0.3, -0.25) is 9.59 Å². The third-order valence-corrected chi connectivity index (χ3v) is 5.22. The molecule has 0 fully saturated rings. The summed E-state index contributed by atoms with van der Waals surface area (Å²) in [6.07, 6.45) is 1.71. The van der Waals surface area contributed by atoms with Crippen LogP contribution in [0.3, 0.4) is 0 Å². The highest BCUT2D eigenvalue weighted by Gasteiger charge is 2.10. The van der Waals surface area contributed by atoms with Crippen LogP contribution in [0.4, 0.5) is 0 Å². The summed E-state index contributed by atoms with van der Waals surface area (Å²) in [5, 5.41) is 4.01. The van der Waals surface area contributed by atoms with Crippen molar-refractivity contribution in [2.75, 3.05) is 7.11 Å². The second-order valence-corrected chi connectivity index (χ2v) is 7.31. The van der Waals surface area contributed by atoms with Crippen LogP contribution in [0.1, 0.15) is 16.8 Å². The van der Waals surface area contributed by atoms with E-state index >= 15 is 0 Å². The standard InChI is InChI=1S/C21H17N3O4S/c1-13-19(25)22-21-24(23-13)20(26)18(29-21)11-15-8-9-16(17(10-15)27-2)28-12-14-6-4-3-5-7-14/h3-11H,12H2,1-2H3/b18-11+. The Hall–Kier alpha value is -3.52. The number of hydrogen-bond acceptors (Lipinski definition) is 7. The van der Waals surface area contributed by atoms with Gasteiger partial charge in [0.15, 0.2) is 11.5 Å². The normalized spacial score (nSPS) is 11.7. The highest BCUT2D eigenvalue weighted by Crippen LogP contribution is 2.29. The number of benzene rings is 2. The van der Waals surface area contributed by atoms with Crippen LogP contribution in [0.2, 0.25) is 0 Å². The van der Waals surface area contributed by atoms with Crippen molar-refractivity contribution in [3.63, 3.8) is 0 Å². The molecule has 2 aromatic heterocycles. The zero-order valence-corrected chi connectivity index (χ0v) is 16.6. The number of fused-ring (bicyclic) bond motifs is 1. The molecule has 0 saturated carbocycles. The maximum atomic E-state index is 12.6. The van der Waals surface area contributed by atoms with Crippen molar-refractivity contribution >= 4 is 22.4 Å². The van der Waals surface area contributed by atoms with Crippen molar-refractivity contribution in [2.45, 2.75) is 13.5 Å². The van der Waals surface area contributed by atoms with Crippen LogP contribution in [0.15, 0.2) is 58.1 Å². The fourth-order valence-corrected chi connectivity index (χ4v) is 3.67. The van der Waals surface area contributed by atoms with E-state index in [2.05, 4.69) is 10.1 Å². The summed E-state index contributed by atoms with van der Waals surface area (Å²) in [6.45, 7) is 1.95. The summed E-state index contributed by atoms with van der Waals surface area (Å²) in [5.74, 6) is 1.17. The van der Waals surface area contributed by atoms with Crippen molar-refractivity contribution in [3.8, 4) is 11.5 Å². The first-order valence-electron chi connectivity index (χ1n) is 8.82. The number of aryl methyl sites for hydroxylation is 1. The van der Waals surface area contributed by atoms with Gasteiger partial charge in [0.1, 0.15) is 12.3 Å². The quantitative estimate of drug-likeness (QED) is 0.503. The Bertz CT molecular complexity index is 1350. The molecule has 2 heterocycles. The van der Waals surface area contributed by atoms with E-state index in [0.29, 0.717) is 22.6 Å². The molecule has 0 bridgehead atoms. The van der Waals surface area contributed by atoms with Gasteiger partial charge in [0.25, 0.3) is 11.1 Å². The van der Waals surface area contributed by atoms with Crippen molar-refractivity contribution in [3.05, 3.63) is 90.6 Å². The highest BCUT2D eigenvalue weighted by molar-refractivity contribution is 7.15. The molecule has 29 heavy (non-hydrogen) atoms. The van der Waals surface area contributed by atoms with Crippen LogP contribution >= 0.6 is 11.3 Å². The van der Waals surface area contributed by atoms with E-state index in [1.165, 1.54) is 6.92 Å². The van der Waals surface area contributed by atoms with Crippen LogP contribution in [0.5, 0.6) is 11.5 Å². The Morgan fingerprint density at radius 3 is 2.66 bits per heavy atom. The van der Waals surface area contributed by atoms with Crippen molar-refractivity contribution in [1.82, 2.24) is 14.6 Å². The molecule has 0 spiro atoms. The molecular weight excluding hydrogens is 390 g/mol. The fourth-order valence-electron chi connectivity index (χ4n) is 2.77. The lowest BCUT2D eigenvalue weighted by Crippen LogP contribution is -2.27. The first-order valence-corrected chi connectivity index (χ1v) is 9.64. The van der Waals surface area contributed by atoms with Gasteiger partial charge in [0.2, 0.25) is 4.96 Å². The Kier molecular flexibility index (Phi) is 5.09. The Balaban J connectivity index is 1.67. The van der Waals surface area contributed by atoms with Gasteiger partial charge in [0, 0.05) is 0 Å². The number of ether oxygens (including phenoxy) is 2. The third-order valence-electron chi connectivity index (χ3n) is 4.26. The van der Waals surface area contributed by atoms with Crippen molar-refractivity contribution in [2.24, 2.45) is 0 Å². The molecule has 4 aromatic rings. The minimum Gasteiger partial charge on any atom is -0.493 e. The molecule has 0 N–H and O–H groups in total. The number of methoxy groups -OCH3 is 1. The molecule has 0 saturated heterocycles. The van der Waals surface area contributed by atoms with E-state index in [4.69, 9.17) is 9.47 Å². The average Bonchev–Trinajstić information content (AvgIpc) is 3.02. The Morgan fingerprint density at radius 1 is 1.10 bits per heavy atom. The predicted molar refractivity (Wildman–Crippen MR) is 111 cm³/mol. The first-order chi connectivity index (χ1) is 14.0. The molecule has 0 aliphatic carbocycles. The van der Waals surface area contributed by atoms with E-state index in [9.17, 15) is 9.59 Å². The summed E-state index contributed by atoms with van der Waals surface area (Å²) in [7, 11) is 1.56. The monoisotopic (exact) mass is 407 g/mol. The number of nitrogens with zero attached hydrogens (tertiary/aromatic N) is 3. The number of hydrogen-bond donors (Lipinski definition) is 0. The van der Waals surface area contributed by atoms with E-state index in [1.807, 2.05) is 36.4 Å². The summed E-state index contributed by atoms with van der Waals surface area (Å²) in [4.78, 5) is 28.4. The molecule has 0 aliphatic heterocycles. The molecule has 0 radical (unpaired) electrons. The molecule has 0 aliphatic rings. The van der Waals surface area contributed by atoms with E-state index in [-0.39, 0.29) is 16.2 Å². The van der Waals surface area contributed by atoms with Crippen LogP contribution < -0.4 is 25.1 Å². The summed E-state index contributed by atoms with van der Waals surface area (Å²) < 4.78 is 12.9. The maximum absolute atomic E-state index is 12.6. The van der Waals surface area contributed by atoms with Gasteiger partial charge in [-0.05, 0) is 36.3 Å². The second kappa shape index (κ2) is 7.84. The first kappa shape index (κ1) is 18.8. The lowest BCUT2D eigenvalue weighted by Gasteiger charge is -2.11. The van der Waals surface area contributed by atoms with E-state index in [0.717, 1.165) is 27.0 Å². The van der Waals surface area contributed by atoms with Gasteiger partial charge in [-0.25, -0.2) is 0 Å². The van der Waals surface area contributed by atoms with Gasteiger partial charge in [-0.15, -0.1) is 0 Å². The molecule has 4 rings (SSSR count). The number of rotatable bonds is 5. The molecule has 2 aromatic carbocycles. The Labute approximate surface area is 169 Å². The zero-order valence-electron chi connectivity index (χ0n) is 15.8. The molecule has 0 unspecified atom stereocenters. The van der Waals surface area contributed by atoms with Crippen molar-refractivity contribution < 1.29 is 9.47 Å². The molecular formula is C21H17N3O4S. The third kappa shape index (κ3) is 3.88. The molecule has 0 amide bonds. The van der Waals surface area contributed by atoms with E-state index < -0.39 is 5.56 Å². The summed E-state index contributed by atoms with van der Waals surface area (Å²) in [5.41, 5.74) is 1.25. The fraction of sp³-hybridized carbons (Fsp3) is 0.143. The average molecular weight is 407 g/mol. The van der Waals surface area contributed by atoms with Crippen LogP contribution in [-0.4, -0.2) is 21.7 Å². The SMILES string of the molecule is COc1cc(/C=c2/sc3nc(=O)c(C)nn3c2=O)ccc1OCc1ccccc1. The minimum absolute atomic E-state index is 0.186. The summed E-state index contributed by atoms with van der Waals surface area (Å²) in [6, 6.07) is 15.3. The maximum Gasteiger partial charge on any atom is 0.295 e. The number of thiazole rings is 1. The molecule has 0 atom stereocenters. The Morgan fingerprint density at radius 2 is 1.90 bits per heavy atom. The lowest BCUT2D eigenvalue weighted by molar-refractivity contribution is 0.284. The van der Waals surface area contributed by atoms with Crippen LogP contribution in [0.25, 0.3) is 11.0 Å². The minimum atomic E-state index is -0.431. The molecule has 8 heteroatoms. The van der Waals surface area contributed by atoms with Gasteiger partial charge in [-0.1, -0.05) is 47.7 Å². The zero-order chi connectivity index (χ0) is 20.4.